The molecule has 1 aromatic heterocycles. The van der Waals surface area contributed by atoms with Gasteiger partial charge in [-0.2, -0.15) is 0 Å². The molecule has 0 amide bonds. The lowest BCUT2D eigenvalue weighted by atomic mass is 10.1. The van der Waals surface area contributed by atoms with Crippen LogP contribution in [0, 0.1) is 0 Å². The number of rotatable bonds is 7. The highest BCUT2D eigenvalue weighted by atomic mass is 35.5. The molecule has 29 heavy (non-hydrogen) atoms. The van der Waals surface area contributed by atoms with Gasteiger partial charge in [0.2, 0.25) is 0 Å². The minimum atomic E-state index is -0.483. The molecule has 1 heterocycles. The van der Waals surface area contributed by atoms with Gasteiger partial charge < -0.3 is 10.1 Å². The van der Waals surface area contributed by atoms with Crippen molar-refractivity contribution in [1.29, 1.82) is 0 Å². The molecule has 3 aromatic rings. The first kappa shape index (κ1) is 21.4. The summed E-state index contributed by atoms with van der Waals surface area (Å²) in [5, 5.41) is 4.86. The van der Waals surface area contributed by atoms with Gasteiger partial charge in [-0.3, -0.25) is 0 Å². The van der Waals surface area contributed by atoms with Crippen LogP contribution >= 0.6 is 35.0 Å². The third kappa shape index (κ3) is 5.21. The van der Waals surface area contributed by atoms with Gasteiger partial charge in [0.1, 0.15) is 11.4 Å². The molecule has 0 aliphatic rings. The number of carbonyl (C=O) groups excluding carboxylic acids is 1. The molecule has 0 radical (unpaired) electrons. The van der Waals surface area contributed by atoms with E-state index >= 15 is 0 Å². The van der Waals surface area contributed by atoms with E-state index in [1.54, 1.807) is 19.1 Å². The highest BCUT2D eigenvalue weighted by molar-refractivity contribution is 7.98. The molecule has 8 heteroatoms. The molecule has 150 valence electrons. The van der Waals surface area contributed by atoms with Crippen LogP contribution in [0.15, 0.2) is 53.7 Å². The molecule has 3 rings (SSSR count). The van der Waals surface area contributed by atoms with Crippen molar-refractivity contribution in [3.05, 3.63) is 69.7 Å². The number of thioether (sulfide) groups is 1. The Morgan fingerprint density at radius 1 is 1.14 bits per heavy atom. The van der Waals surface area contributed by atoms with Crippen LogP contribution in [0.25, 0.3) is 11.3 Å². The number of carbonyl (C=O) groups is 1. The number of ether oxygens (including phenoxy) is 1. The van der Waals surface area contributed by atoms with Crippen molar-refractivity contribution >= 4 is 46.8 Å². The highest BCUT2D eigenvalue weighted by Crippen LogP contribution is 2.30. The van der Waals surface area contributed by atoms with E-state index < -0.39 is 5.97 Å². The van der Waals surface area contributed by atoms with Crippen LogP contribution in [-0.2, 0) is 11.3 Å². The summed E-state index contributed by atoms with van der Waals surface area (Å²) in [6.07, 6.45) is 1.88. The Morgan fingerprint density at radius 3 is 2.55 bits per heavy atom. The van der Waals surface area contributed by atoms with E-state index in [1.165, 1.54) is 11.8 Å². The maximum atomic E-state index is 12.8. The minimum Gasteiger partial charge on any atom is -0.462 e. The molecule has 0 aliphatic carbocycles. The fraction of sp³-hybridized carbons (Fsp3) is 0.190. The van der Waals surface area contributed by atoms with Gasteiger partial charge in [-0.15, -0.1) is 0 Å². The summed E-state index contributed by atoms with van der Waals surface area (Å²) < 4.78 is 5.29. The number of halogens is 2. The lowest BCUT2D eigenvalue weighted by Crippen LogP contribution is -2.15. The van der Waals surface area contributed by atoms with E-state index in [0.717, 1.165) is 11.1 Å². The third-order valence-corrected chi connectivity index (χ3v) is 5.19. The molecule has 0 fully saturated rings. The molecule has 5 nitrogen and oxygen atoms in total. The average Bonchev–Trinajstić information content (AvgIpc) is 2.73. The minimum absolute atomic E-state index is 0.250. The number of aromatic nitrogens is 2. The van der Waals surface area contributed by atoms with Gasteiger partial charge in [-0.25, -0.2) is 14.8 Å². The number of anilines is 1. The van der Waals surface area contributed by atoms with Crippen LogP contribution in [-0.4, -0.2) is 28.8 Å². The van der Waals surface area contributed by atoms with Crippen molar-refractivity contribution in [2.45, 2.75) is 18.6 Å². The number of esters is 1. The van der Waals surface area contributed by atoms with Crippen molar-refractivity contribution in [2.75, 3.05) is 18.2 Å². The summed E-state index contributed by atoms with van der Waals surface area (Å²) in [6.45, 7) is 2.37. The monoisotopic (exact) mass is 447 g/mol. The zero-order chi connectivity index (χ0) is 20.8. The first-order chi connectivity index (χ1) is 14.0. The predicted octanol–water partition coefficient (Wildman–Crippen LogP) is 5.96. The summed E-state index contributed by atoms with van der Waals surface area (Å²) in [4.78, 5) is 21.9. The first-order valence-corrected chi connectivity index (χ1v) is 10.9. The Bertz CT molecular complexity index is 1020. The second kappa shape index (κ2) is 9.96. The van der Waals surface area contributed by atoms with Crippen LogP contribution in [0.1, 0.15) is 22.8 Å². The Hall–Kier alpha value is -2.28. The summed E-state index contributed by atoms with van der Waals surface area (Å²) in [5.74, 6) is -0.0867. The third-order valence-electron chi connectivity index (χ3n) is 4.06. The number of hydrogen-bond donors (Lipinski definition) is 1. The normalized spacial score (nSPS) is 10.6. The van der Waals surface area contributed by atoms with Crippen molar-refractivity contribution in [1.82, 2.24) is 9.97 Å². The van der Waals surface area contributed by atoms with Crippen molar-refractivity contribution < 1.29 is 9.53 Å². The SMILES string of the molecule is CCOC(=O)c1c(NCc2ccc(Cl)cc2Cl)nc(SC)nc1-c1ccccc1. The Kier molecular flexibility index (Phi) is 7.36. The van der Waals surface area contributed by atoms with Crippen LogP contribution in [0.5, 0.6) is 0 Å². The zero-order valence-corrected chi connectivity index (χ0v) is 18.2. The van der Waals surface area contributed by atoms with Crippen molar-refractivity contribution in [3.8, 4) is 11.3 Å². The summed E-state index contributed by atoms with van der Waals surface area (Å²) in [7, 11) is 0. The fourth-order valence-corrected chi connectivity index (χ4v) is 3.55. The maximum Gasteiger partial charge on any atom is 0.344 e. The van der Waals surface area contributed by atoms with Gasteiger partial charge in [0.25, 0.3) is 0 Å². The zero-order valence-electron chi connectivity index (χ0n) is 15.9. The average molecular weight is 448 g/mol. The van der Waals surface area contributed by atoms with E-state index in [1.807, 2.05) is 42.7 Å². The molecule has 0 saturated heterocycles. The first-order valence-electron chi connectivity index (χ1n) is 8.89. The quantitative estimate of drug-likeness (QED) is 0.273. The molecule has 0 unspecified atom stereocenters. The van der Waals surface area contributed by atoms with Crippen LogP contribution in [0.2, 0.25) is 10.0 Å². The molecular weight excluding hydrogens is 429 g/mol. The van der Waals surface area contributed by atoms with Gasteiger partial charge in [0.15, 0.2) is 5.16 Å². The number of nitrogens with zero attached hydrogens (tertiary/aromatic N) is 2. The molecule has 2 aromatic carbocycles. The Morgan fingerprint density at radius 2 is 1.90 bits per heavy atom. The molecule has 0 saturated carbocycles. The van der Waals surface area contributed by atoms with Crippen LogP contribution in [0.3, 0.4) is 0 Å². The van der Waals surface area contributed by atoms with Gasteiger partial charge in [0.05, 0.1) is 12.3 Å². The smallest absolute Gasteiger partial charge is 0.344 e. The van der Waals surface area contributed by atoms with E-state index in [0.29, 0.717) is 38.8 Å². The number of benzene rings is 2. The van der Waals surface area contributed by atoms with Crippen molar-refractivity contribution in [3.63, 3.8) is 0 Å². The number of nitrogens with one attached hydrogen (secondary N) is 1. The van der Waals surface area contributed by atoms with E-state index in [-0.39, 0.29) is 6.61 Å². The van der Waals surface area contributed by atoms with E-state index in [4.69, 9.17) is 27.9 Å². The highest BCUT2D eigenvalue weighted by Gasteiger charge is 2.23. The molecule has 0 spiro atoms. The lowest BCUT2D eigenvalue weighted by molar-refractivity contribution is 0.0527. The lowest BCUT2D eigenvalue weighted by Gasteiger charge is -2.16. The summed E-state index contributed by atoms with van der Waals surface area (Å²) in [5.41, 5.74) is 2.45. The van der Waals surface area contributed by atoms with Gasteiger partial charge >= 0.3 is 5.97 Å². The largest absolute Gasteiger partial charge is 0.462 e. The molecule has 0 aliphatic heterocycles. The second-order valence-electron chi connectivity index (χ2n) is 5.96. The van der Waals surface area contributed by atoms with Gasteiger partial charge in [-0.1, -0.05) is 71.4 Å². The maximum absolute atomic E-state index is 12.8. The van der Waals surface area contributed by atoms with Crippen LogP contribution < -0.4 is 5.32 Å². The fourth-order valence-electron chi connectivity index (χ4n) is 2.70. The van der Waals surface area contributed by atoms with E-state index in [9.17, 15) is 4.79 Å². The van der Waals surface area contributed by atoms with Gasteiger partial charge in [-0.05, 0) is 30.9 Å². The van der Waals surface area contributed by atoms with Crippen molar-refractivity contribution in [2.24, 2.45) is 0 Å². The van der Waals surface area contributed by atoms with Crippen LogP contribution in [0.4, 0.5) is 5.82 Å². The van der Waals surface area contributed by atoms with E-state index in [2.05, 4.69) is 15.3 Å². The Labute approximate surface area is 183 Å². The molecule has 0 bridgehead atoms. The standard InChI is InChI=1S/C21H19Cl2N3O2S/c1-3-28-20(27)17-18(13-7-5-4-6-8-13)25-21(29-2)26-19(17)24-12-14-9-10-15(22)11-16(14)23/h4-11H,3,12H2,1-2H3,(H,24,25,26). The molecule has 1 N–H and O–H groups in total. The summed E-state index contributed by atoms with van der Waals surface area (Å²) >= 11 is 13.6. The molecule has 0 atom stereocenters. The number of hydrogen-bond acceptors (Lipinski definition) is 6. The second-order valence-corrected chi connectivity index (χ2v) is 7.58. The summed E-state index contributed by atoms with van der Waals surface area (Å²) in [6, 6.07) is 14.8. The Balaban J connectivity index is 2.07. The predicted molar refractivity (Wildman–Crippen MR) is 119 cm³/mol. The van der Waals surface area contributed by atoms with Gasteiger partial charge in [0, 0.05) is 22.2 Å². The molecular formula is C21H19Cl2N3O2S. The topological polar surface area (TPSA) is 64.1 Å².